The summed E-state index contributed by atoms with van der Waals surface area (Å²) in [6, 6.07) is 4.62. The van der Waals surface area contributed by atoms with Crippen molar-refractivity contribution < 1.29 is 23.2 Å². The molecule has 1 rings (SSSR count). The van der Waals surface area contributed by atoms with Gasteiger partial charge in [-0.15, -0.1) is 0 Å². The molecule has 9 heteroatoms. The van der Waals surface area contributed by atoms with Crippen molar-refractivity contribution in [3.05, 3.63) is 23.8 Å². The Morgan fingerprint density at radius 3 is 2.62 bits per heavy atom. The molecule has 0 fully saturated rings. The first-order chi connectivity index (χ1) is 9.78. The quantitative estimate of drug-likeness (QED) is 0.254. The van der Waals surface area contributed by atoms with Crippen LogP contribution in [0.3, 0.4) is 0 Å². The van der Waals surface area contributed by atoms with Crippen LogP contribution in [0.15, 0.2) is 18.2 Å². The molecule has 1 aromatic rings. The van der Waals surface area contributed by atoms with Gasteiger partial charge in [0.05, 0.1) is 5.75 Å². The van der Waals surface area contributed by atoms with Gasteiger partial charge in [0.1, 0.15) is 4.32 Å². The Morgan fingerprint density at radius 1 is 1.29 bits per heavy atom. The van der Waals surface area contributed by atoms with Gasteiger partial charge in [-0.1, -0.05) is 30.0 Å². The summed E-state index contributed by atoms with van der Waals surface area (Å²) in [5, 5.41) is 21.5. The van der Waals surface area contributed by atoms with Crippen LogP contribution >= 0.6 is 24.0 Å². The lowest BCUT2D eigenvalue weighted by molar-refractivity contribution is 0.403. The first kappa shape index (κ1) is 18.0. The van der Waals surface area contributed by atoms with Crippen LogP contribution in [0.2, 0.25) is 0 Å². The fraction of sp³-hybridized carbons (Fsp3) is 0.417. The molecule has 0 atom stereocenters. The first-order valence-corrected chi connectivity index (χ1v) is 9.15. The van der Waals surface area contributed by atoms with E-state index in [-0.39, 0.29) is 17.3 Å². The molecule has 0 heterocycles. The van der Waals surface area contributed by atoms with Crippen LogP contribution in [0.5, 0.6) is 11.5 Å². The fourth-order valence-corrected chi connectivity index (χ4v) is 3.21. The van der Waals surface area contributed by atoms with Crippen LogP contribution in [0, 0.1) is 0 Å². The van der Waals surface area contributed by atoms with E-state index in [9.17, 15) is 18.6 Å². The van der Waals surface area contributed by atoms with E-state index in [1.165, 1.54) is 23.9 Å². The van der Waals surface area contributed by atoms with Gasteiger partial charge in [0, 0.05) is 12.3 Å². The van der Waals surface area contributed by atoms with E-state index in [0.717, 1.165) is 5.56 Å². The number of thioether (sulfide) groups is 1. The van der Waals surface area contributed by atoms with Crippen molar-refractivity contribution in [1.82, 2.24) is 5.32 Å². The number of phenolic OH excluding ortho intramolecular Hbond substituents is 2. The summed E-state index contributed by atoms with van der Waals surface area (Å²) in [5.74, 6) is -0.0765. The fourth-order valence-electron chi connectivity index (χ4n) is 1.49. The minimum atomic E-state index is -3.90. The number of benzene rings is 1. The average Bonchev–Trinajstić information content (AvgIpc) is 2.38. The Hall–Kier alpha value is -1.03. The summed E-state index contributed by atoms with van der Waals surface area (Å²) >= 11 is 6.39. The van der Waals surface area contributed by atoms with Gasteiger partial charge in [0.2, 0.25) is 0 Å². The van der Waals surface area contributed by atoms with Crippen LogP contribution < -0.4 is 5.32 Å². The molecule has 1 aromatic carbocycles. The number of thiocarbonyl (C=S) groups is 1. The van der Waals surface area contributed by atoms with Crippen molar-refractivity contribution in [2.24, 2.45) is 0 Å². The minimum absolute atomic E-state index is 0.156. The third kappa shape index (κ3) is 8.10. The summed E-state index contributed by atoms with van der Waals surface area (Å²) < 4.78 is 30.1. The van der Waals surface area contributed by atoms with E-state index in [1.807, 2.05) is 0 Å². The molecule has 0 aliphatic carbocycles. The van der Waals surface area contributed by atoms with Crippen LogP contribution in [-0.4, -0.2) is 45.6 Å². The molecule has 0 unspecified atom stereocenters. The van der Waals surface area contributed by atoms with E-state index in [2.05, 4.69) is 5.32 Å². The molecule has 0 amide bonds. The Morgan fingerprint density at radius 2 is 2.00 bits per heavy atom. The predicted molar refractivity (Wildman–Crippen MR) is 87.6 cm³/mol. The number of hydrogen-bond acceptors (Lipinski definition) is 6. The summed E-state index contributed by atoms with van der Waals surface area (Å²) in [6.45, 7) is 0.564. The van der Waals surface area contributed by atoms with E-state index >= 15 is 0 Å². The lowest BCUT2D eigenvalue weighted by Crippen LogP contribution is -2.21. The van der Waals surface area contributed by atoms with Gasteiger partial charge in [-0.2, -0.15) is 8.42 Å². The SMILES string of the molecule is O=S(=O)(O)CCCSC(=S)NCCc1ccc(O)c(O)c1. The van der Waals surface area contributed by atoms with Crippen molar-refractivity contribution in [2.45, 2.75) is 12.8 Å². The molecule has 0 bridgehead atoms. The highest BCUT2D eigenvalue weighted by Gasteiger charge is 2.05. The third-order valence-electron chi connectivity index (χ3n) is 2.50. The summed E-state index contributed by atoms with van der Waals surface area (Å²) in [4.78, 5) is 0. The van der Waals surface area contributed by atoms with Crippen LogP contribution in [0.1, 0.15) is 12.0 Å². The van der Waals surface area contributed by atoms with Gasteiger partial charge in [-0.25, -0.2) is 0 Å². The number of hydrogen-bond donors (Lipinski definition) is 4. The monoisotopic (exact) mass is 351 g/mol. The van der Waals surface area contributed by atoms with E-state index in [4.69, 9.17) is 16.8 Å². The van der Waals surface area contributed by atoms with E-state index < -0.39 is 10.1 Å². The normalized spacial score (nSPS) is 11.3. The van der Waals surface area contributed by atoms with E-state index in [1.54, 1.807) is 6.07 Å². The Kier molecular flexibility index (Phi) is 7.23. The van der Waals surface area contributed by atoms with E-state index in [0.29, 0.717) is 29.5 Å². The summed E-state index contributed by atoms with van der Waals surface area (Å²) in [5.41, 5.74) is 0.858. The molecule has 0 spiro atoms. The number of aromatic hydroxyl groups is 2. The highest BCUT2D eigenvalue weighted by atomic mass is 32.2. The maximum atomic E-state index is 10.5. The average molecular weight is 351 g/mol. The smallest absolute Gasteiger partial charge is 0.264 e. The standard InChI is InChI=1S/C12H17NO5S3/c14-10-3-2-9(8-11(10)15)4-5-13-12(19)20-6-1-7-21(16,17)18/h2-3,8,14-15H,1,4-7H2,(H,13,19)(H,16,17,18). The van der Waals surface area contributed by atoms with Gasteiger partial charge in [0.15, 0.2) is 11.5 Å². The van der Waals surface area contributed by atoms with Crippen LogP contribution in [0.4, 0.5) is 0 Å². The Labute approximate surface area is 133 Å². The molecular weight excluding hydrogens is 334 g/mol. The topological polar surface area (TPSA) is 107 Å². The number of nitrogens with one attached hydrogen (secondary N) is 1. The zero-order chi connectivity index (χ0) is 15.9. The van der Waals surface area contributed by atoms with Gasteiger partial charge in [-0.3, -0.25) is 4.55 Å². The third-order valence-corrected chi connectivity index (χ3v) is 4.70. The maximum absolute atomic E-state index is 10.5. The maximum Gasteiger partial charge on any atom is 0.264 e. The Bertz CT molecular complexity index is 589. The summed E-state index contributed by atoms with van der Waals surface area (Å²) in [6.07, 6.45) is 0.955. The lowest BCUT2D eigenvalue weighted by atomic mass is 10.1. The van der Waals surface area contributed by atoms with Gasteiger partial charge in [0.25, 0.3) is 10.1 Å². The van der Waals surface area contributed by atoms with Crippen molar-refractivity contribution in [3.8, 4) is 11.5 Å². The molecule has 0 aliphatic rings. The van der Waals surface area contributed by atoms with Crippen LogP contribution in [0.25, 0.3) is 0 Å². The second-order valence-electron chi connectivity index (χ2n) is 4.28. The molecule has 21 heavy (non-hydrogen) atoms. The van der Waals surface area contributed by atoms with Gasteiger partial charge in [-0.05, 0) is 30.5 Å². The second-order valence-corrected chi connectivity index (χ2v) is 7.62. The van der Waals surface area contributed by atoms with Crippen molar-refractivity contribution in [3.63, 3.8) is 0 Å². The molecule has 0 saturated heterocycles. The summed E-state index contributed by atoms with van der Waals surface area (Å²) in [7, 11) is -3.90. The molecule has 0 aliphatic heterocycles. The zero-order valence-electron chi connectivity index (χ0n) is 11.2. The molecule has 0 aromatic heterocycles. The highest BCUT2D eigenvalue weighted by Crippen LogP contribution is 2.24. The van der Waals surface area contributed by atoms with Crippen molar-refractivity contribution in [1.29, 1.82) is 0 Å². The van der Waals surface area contributed by atoms with Gasteiger partial charge >= 0.3 is 0 Å². The Balaban J connectivity index is 2.20. The van der Waals surface area contributed by atoms with Crippen molar-refractivity contribution >= 4 is 38.4 Å². The predicted octanol–water partition coefficient (Wildman–Crippen LogP) is 1.53. The minimum Gasteiger partial charge on any atom is -0.504 e. The number of rotatable bonds is 7. The molecule has 118 valence electrons. The zero-order valence-corrected chi connectivity index (χ0v) is 13.6. The molecule has 0 saturated carbocycles. The first-order valence-electron chi connectivity index (χ1n) is 6.14. The molecular formula is C12H17NO5S3. The molecule has 6 nitrogen and oxygen atoms in total. The molecule has 0 radical (unpaired) electrons. The number of phenols is 2. The molecule has 4 N–H and O–H groups in total. The lowest BCUT2D eigenvalue weighted by Gasteiger charge is -2.08. The van der Waals surface area contributed by atoms with Gasteiger partial charge < -0.3 is 15.5 Å². The second kappa shape index (κ2) is 8.42. The largest absolute Gasteiger partial charge is 0.504 e. The highest BCUT2D eigenvalue weighted by molar-refractivity contribution is 8.22. The van der Waals surface area contributed by atoms with Crippen molar-refractivity contribution in [2.75, 3.05) is 18.1 Å². The van der Waals surface area contributed by atoms with Crippen LogP contribution in [-0.2, 0) is 16.5 Å².